The maximum Gasteiger partial charge on any atom is 0.199 e. The number of nitrogens with zero attached hydrogens (tertiary/aromatic N) is 2. The fraction of sp³-hybridized carbons (Fsp3) is 0.889. The number of hydrogen-bond acceptors (Lipinski definition) is 4. The Balaban J connectivity index is 2.50. The topological polar surface area (TPSA) is 39.6 Å². The molecule has 0 aromatic heterocycles. The van der Waals surface area contributed by atoms with Gasteiger partial charge in [0.15, 0.2) is 5.90 Å². The summed E-state index contributed by atoms with van der Waals surface area (Å²) < 4.78 is 5.22. The summed E-state index contributed by atoms with van der Waals surface area (Å²) in [4.78, 5) is 4.41. The van der Waals surface area contributed by atoms with E-state index in [4.69, 9.17) is 10.1 Å². The predicted octanol–water partition coefficient (Wildman–Crippen LogP) is 0.246. The van der Waals surface area contributed by atoms with Crippen LogP contribution in [0.4, 0.5) is 0 Å². The molecule has 76 valence electrons. The highest BCUT2D eigenvalue weighted by atomic mass is 16.5. The molecule has 1 rings (SSSR count). The average Bonchev–Trinajstić information content (AvgIpc) is 2.09. The zero-order chi connectivity index (χ0) is 9.84. The van der Waals surface area contributed by atoms with Gasteiger partial charge in [0, 0.05) is 19.6 Å². The second-order valence-corrected chi connectivity index (χ2v) is 3.56. The Labute approximate surface area is 80.0 Å². The van der Waals surface area contributed by atoms with Crippen LogP contribution in [0.1, 0.15) is 6.92 Å². The SMILES string of the molecule is CCOC(=N)C1CN(C)CCN1C. The van der Waals surface area contributed by atoms with Crippen molar-refractivity contribution >= 4 is 5.90 Å². The van der Waals surface area contributed by atoms with E-state index in [1.54, 1.807) is 0 Å². The van der Waals surface area contributed by atoms with Crippen LogP contribution in [-0.4, -0.2) is 62.1 Å². The van der Waals surface area contributed by atoms with Crippen LogP contribution in [0.3, 0.4) is 0 Å². The Morgan fingerprint density at radius 3 is 2.77 bits per heavy atom. The van der Waals surface area contributed by atoms with Crippen molar-refractivity contribution in [3.63, 3.8) is 0 Å². The van der Waals surface area contributed by atoms with Crippen molar-refractivity contribution in [2.75, 3.05) is 40.3 Å². The summed E-state index contributed by atoms with van der Waals surface area (Å²) in [6, 6.07) is 0.138. The van der Waals surface area contributed by atoms with Gasteiger partial charge in [0.1, 0.15) is 0 Å². The first-order valence-electron chi connectivity index (χ1n) is 4.75. The largest absolute Gasteiger partial charge is 0.480 e. The smallest absolute Gasteiger partial charge is 0.199 e. The lowest BCUT2D eigenvalue weighted by Crippen LogP contribution is -2.53. The molecule has 0 aromatic rings. The van der Waals surface area contributed by atoms with Crippen LogP contribution in [-0.2, 0) is 4.74 Å². The lowest BCUT2D eigenvalue weighted by Gasteiger charge is -2.37. The first-order valence-corrected chi connectivity index (χ1v) is 4.75. The Kier molecular flexibility index (Phi) is 3.69. The second kappa shape index (κ2) is 4.58. The molecular formula is C9H19N3O. The molecule has 0 bridgehead atoms. The average molecular weight is 185 g/mol. The van der Waals surface area contributed by atoms with Gasteiger partial charge in [-0.05, 0) is 21.0 Å². The molecule has 0 amide bonds. The lowest BCUT2D eigenvalue weighted by molar-refractivity contribution is 0.130. The third-order valence-electron chi connectivity index (χ3n) is 2.45. The van der Waals surface area contributed by atoms with Gasteiger partial charge < -0.3 is 9.64 Å². The summed E-state index contributed by atoms with van der Waals surface area (Å²) in [6.07, 6.45) is 0. The molecule has 1 N–H and O–H groups in total. The molecule has 1 heterocycles. The highest BCUT2D eigenvalue weighted by Crippen LogP contribution is 2.07. The van der Waals surface area contributed by atoms with Gasteiger partial charge in [0.25, 0.3) is 0 Å². The van der Waals surface area contributed by atoms with Gasteiger partial charge in [-0.2, -0.15) is 0 Å². The normalized spacial score (nSPS) is 25.9. The summed E-state index contributed by atoms with van der Waals surface area (Å²) >= 11 is 0. The number of likely N-dealkylation sites (N-methyl/N-ethyl adjacent to an activating group) is 2. The van der Waals surface area contributed by atoms with E-state index in [9.17, 15) is 0 Å². The third-order valence-corrected chi connectivity index (χ3v) is 2.45. The zero-order valence-corrected chi connectivity index (χ0v) is 8.71. The van der Waals surface area contributed by atoms with E-state index in [1.165, 1.54) is 0 Å². The van der Waals surface area contributed by atoms with Gasteiger partial charge in [-0.3, -0.25) is 10.3 Å². The van der Waals surface area contributed by atoms with Crippen molar-refractivity contribution in [3.05, 3.63) is 0 Å². The highest BCUT2D eigenvalue weighted by Gasteiger charge is 2.26. The molecule has 0 radical (unpaired) electrons. The molecule has 1 aliphatic rings. The molecule has 1 fully saturated rings. The minimum atomic E-state index is 0.138. The Bertz CT molecular complexity index is 184. The van der Waals surface area contributed by atoms with E-state index in [0.717, 1.165) is 19.6 Å². The predicted molar refractivity (Wildman–Crippen MR) is 53.3 cm³/mol. The monoisotopic (exact) mass is 185 g/mol. The Morgan fingerprint density at radius 2 is 2.15 bits per heavy atom. The van der Waals surface area contributed by atoms with Gasteiger partial charge in [0.05, 0.1) is 12.6 Å². The summed E-state index contributed by atoms with van der Waals surface area (Å²) in [5.41, 5.74) is 0. The van der Waals surface area contributed by atoms with Crippen LogP contribution in [0.2, 0.25) is 0 Å². The van der Waals surface area contributed by atoms with E-state index in [2.05, 4.69) is 16.8 Å². The number of hydrogen-bond donors (Lipinski definition) is 1. The standard InChI is InChI=1S/C9H19N3O/c1-4-13-9(10)8-7-11(2)5-6-12(8)3/h8,10H,4-7H2,1-3H3. The molecule has 13 heavy (non-hydrogen) atoms. The van der Waals surface area contributed by atoms with Crippen LogP contribution >= 0.6 is 0 Å². The van der Waals surface area contributed by atoms with Gasteiger partial charge in [-0.15, -0.1) is 0 Å². The molecule has 1 unspecified atom stereocenters. The van der Waals surface area contributed by atoms with E-state index < -0.39 is 0 Å². The molecule has 4 nitrogen and oxygen atoms in total. The van der Waals surface area contributed by atoms with E-state index in [-0.39, 0.29) is 6.04 Å². The van der Waals surface area contributed by atoms with E-state index in [0.29, 0.717) is 12.5 Å². The molecule has 1 atom stereocenters. The molecule has 1 aliphatic heterocycles. The van der Waals surface area contributed by atoms with Gasteiger partial charge >= 0.3 is 0 Å². The first-order chi connectivity index (χ1) is 6.15. The molecule has 0 aliphatic carbocycles. The van der Waals surface area contributed by atoms with Crippen LogP contribution in [0.5, 0.6) is 0 Å². The van der Waals surface area contributed by atoms with Crippen LogP contribution in [0.15, 0.2) is 0 Å². The van der Waals surface area contributed by atoms with Crippen molar-refractivity contribution < 1.29 is 4.74 Å². The molecular weight excluding hydrogens is 166 g/mol. The first kappa shape index (κ1) is 10.5. The molecule has 1 saturated heterocycles. The molecule has 4 heteroatoms. The number of nitrogens with one attached hydrogen (secondary N) is 1. The minimum Gasteiger partial charge on any atom is -0.480 e. The van der Waals surface area contributed by atoms with Crippen LogP contribution < -0.4 is 0 Å². The van der Waals surface area contributed by atoms with Crippen LogP contribution in [0.25, 0.3) is 0 Å². The minimum absolute atomic E-state index is 0.138. The maximum absolute atomic E-state index is 7.71. The molecule has 0 spiro atoms. The van der Waals surface area contributed by atoms with Crippen molar-refractivity contribution in [1.29, 1.82) is 5.41 Å². The van der Waals surface area contributed by atoms with Crippen molar-refractivity contribution in [1.82, 2.24) is 9.80 Å². The van der Waals surface area contributed by atoms with Crippen molar-refractivity contribution in [2.24, 2.45) is 0 Å². The van der Waals surface area contributed by atoms with E-state index >= 15 is 0 Å². The van der Waals surface area contributed by atoms with Gasteiger partial charge in [-0.25, -0.2) is 0 Å². The number of rotatable bonds is 2. The fourth-order valence-electron chi connectivity index (χ4n) is 1.54. The zero-order valence-electron chi connectivity index (χ0n) is 8.71. The highest BCUT2D eigenvalue weighted by molar-refractivity contribution is 5.79. The summed E-state index contributed by atoms with van der Waals surface area (Å²) in [6.45, 7) is 5.49. The number of ether oxygens (including phenoxy) is 1. The van der Waals surface area contributed by atoms with Crippen molar-refractivity contribution in [3.8, 4) is 0 Å². The Morgan fingerprint density at radius 1 is 1.46 bits per heavy atom. The second-order valence-electron chi connectivity index (χ2n) is 3.56. The summed E-state index contributed by atoms with van der Waals surface area (Å²) in [5, 5.41) is 7.71. The Hall–Kier alpha value is -0.610. The lowest BCUT2D eigenvalue weighted by atomic mass is 10.2. The van der Waals surface area contributed by atoms with Gasteiger partial charge in [-0.1, -0.05) is 0 Å². The summed E-state index contributed by atoms with van der Waals surface area (Å²) in [5.74, 6) is 0.400. The van der Waals surface area contributed by atoms with Crippen molar-refractivity contribution in [2.45, 2.75) is 13.0 Å². The third kappa shape index (κ3) is 2.67. The maximum atomic E-state index is 7.71. The van der Waals surface area contributed by atoms with Gasteiger partial charge in [0.2, 0.25) is 0 Å². The van der Waals surface area contributed by atoms with E-state index in [1.807, 2.05) is 14.0 Å². The van der Waals surface area contributed by atoms with Crippen LogP contribution in [0, 0.1) is 5.41 Å². The quantitative estimate of drug-likeness (QED) is 0.495. The molecule has 0 aromatic carbocycles. The number of piperazine rings is 1. The fourth-order valence-corrected chi connectivity index (χ4v) is 1.54. The summed E-state index contributed by atoms with van der Waals surface area (Å²) in [7, 11) is 4.13. The molecule has 0 saturated carbocycles.